The number of nitrogens with zero attached hydrogens (tertiary/aromatic N) is 2. The summed E-state index contributed by atoms with van der Waals surface area (Å²) in [5, 5.41) is 0.968. The van der Waals surface area contributed by atoms with Crippen molar-refractivity contribution in [1.29, 1.82) is 0 Å². The largest absolute Gasteiger partial charge is 0.586 e. The summed E-state index contributed by atoms with van der Waals surface area (Å²) in [6, 6.07) is 9.93. The zero-order valence-corrected chi connectivity index (χ0v) is 18.0. The van der Waals surface area contributed by atoms with E-state index in [1.165, 1.54) is 12.3 Å². The Kier molecular flexibility index (Phi) is 5.97. The summed E-state index contributed by atoms with van der Waals surface area (Å²) >= 11 is 12.0. The highest BCUT2D eigenvalue weighted by atomic mass is 35.5. The van der Waals surface area contributed by atoms with Crippen LogP contribution in [0.1, 0.15) is 0 Å². The molecule has 4 aromatic rings. The first-order valence-corrected chi connectivity index (χ1v) is 10.0. The number of hydrogen-bond donors (Lipinski definition) is 2. The number of hydrogen-bond acceptors (Lipinski definition) is 2. The fraction of sp³-hybridized carbons (Fsp3) is 0.0435. The van der Waals surface area contributed by atoms with Crippen LogP contribution in [0.25, 0.3) is 31.9 Å². The van der Waals surface area contributed by atoms with Crippen LogP contribution < -0.4 is 9.47 Å². The van der Waals surface area contributed by atoms with Gasteiger partial charge < -0.3 is 19.4 Å². The predicted octanol–water partition coefficient (Wildman–Crippen LogP) is 8.09. The summed E-state index contributed by atoms with van der Waals surface area (Å²) in [5.74, 6) is -0.0818. The highest BCUT2D eigenvalue weighted by molar-refractivity contribution is 6.43. The van der Waals surface area contributed by atoms with Gasteiger partial charge in [-0.15, -0.1) is 8.78 Å². The summed E-state index contributed by atoms with van der Waals surface area (Å²) in [4.78, 5) is 12.3. The Hall–Kier alpha value is -3.98. The maximum absolute atomic E-state index is 13.0. The second-order valence-corrected chi connectivity index (χ2v) is 7.42. The minimum absolute atomic E-state index is 0.0327. The summed E-state index contributed by atoms with van der Waals surface area (Å²) in [6.45, 7) is 14.0. The van der Waals surface area contributed by atoms with Gasteiger partial charge in [0.2, 0.25) is 11.4 Å². The van der Waals surface area contributed by atoms with Crippen LogP contribution in [0.4, 0.5) is 20.2 Å². The van der Waals surface area contributed by atoms with Crippen LogP contribution in [-0.4, -0.2) is 16.3 Å². The lowest BCUT2D eigenvalue weighted by Crippen LogP contribution is -2.26. The monoisotopic (exact) mass is 484 g/mol. The second-order valence-electron chi connectivity index (χ2n) is 6.63. The van der Waals surface area contributed by atoms with Crippen molar-refractivity contribution in [3.05, 3.63) is 94.1 Å². The number of benzene rings is 2. The van der Waals surface area contributed by atoms with Crippen LogP contribution >= 0.6 is 23.2 Å². The Morgan fingerprint density at radius 3 is 1.97 bits per heavy atom. The van der Waals surface area contributed by atoms with Crippen molar-refractivity contribution in [2.24, 2.45) is 0 Å². The maximum atomic E-state index is 13.0. The molecule has 3 heterocycles. The molecule has 0 saturated carbocycles. The van der Waals surface area contributed by atoms with Gasteiger partial charge in [0, 0.05) is 29.1 Å². The molecule has 0 atom stereocenters. The average molecular weight is 485 g/mol. The van der Waals surface area contributed by atoms with Crippen molar-refractivity contribution in [2.75, 3.05) is 0 Å². The van der Waals surface area contributed by atoms with Gasteiger partial charge in [-0.05, 0) is 30.1 Å². The topological polar surface area (TPSA) is 58.8 Å². The number of ether oxygens (including phenoxy) is 2. The van der Waals surface area contributed by atoms with E-state index in [1.54, 1.807) is 36.8 Å². The molecule has 0 spiro atoms. The van der Waals surface area contributed by atoms with E-state index in [-0.39, 0.29) is 11.5 Å². The standard InChI is InChI=1S/C12H6F2N2O2.C11H6Cl2N2/c1-15-9-6-16-5-8(9)7-3-2-4-10-11(7)18-12(13,14)17-10;1-14-10-6-15-5-8(10)7-3-2-4-9(12)11(7)13/h2-6,16H;2-6,15H. The molecule has 33 heavy (non-hydrogen) atoms. The predicted molar refractivity (Wildman–Crippen MR) is 121 cm³/mol. The Labute approximate surface area is 196 Å². The lowest BCUT2D eigenvalue weighted by molar-refractivity contribution is -0.286. The summed E-state index contributed by atoms with van der Waals surface area (Å²) in [5.41, 5.74) is 3.33. The second kappa shape index (κ2) is 8.87. The SMILES string of the molecule is [C-]#[N+]c1c[nH]cc1-c1cccc(Cl)c1Cl.[C-]#[N+]c1c[nH]cc1-c1cccc2c1OC(F)(F)O2. The fourth-order valence-electron chi connectivity index (χ4n) is 3.22. The van der Waals surface area contributed by atoms with Gasteiger partial charge >= 0.3 is 6.29 Å². The molecular formula is C23H12Cl2F2N4O2. The molecule has 10 heteroatoms. The number of rotatable bonds is 2. The molecule has 164 valence electrons. The van der Waals surface area contributed by atoms with E-state index in [0.717, 1.165) is 11.1 Å². The highest BCUT2D eigenvalue weighted by Crippen LogP contribution is 2.48. The minimum Gasteiger partial charge on any atom is -0.395 e. The first-order valence-electron chi connectivity index (χ1n) is 9.26. The van der Waals surface area contributed by atoms with Crippen molar-refractivity contribution >= 4 is 34.6 Å². The lowest BCUT2D eigenvalue weighted by Gasteiger charge is -2.06. The van der Waals surface area contributed by atoms with E-state index in [9.17, 15) is 8.78 Å². The van der Waals surface area contributed by atoms with Crippen molar-refractivity contribution in [1.82, 2.24) is 9.97 Å². The summed E-state index contributed by atoms with van der Waals surface area (Å²) in [6.07, 6.45) is 2.77. The van der Waals surface area contributed by atoms with Gasteiger partial charge in [-0.1, -0.05) is 47.5 Å². The number of alkyl halides is 2. The Morgan fingerprint density at radius 1 is 0.758 bits per heavy atom. The van der Waals surface area contributed by atoms with Crippen molar-refractivity contribution < 1.29 is 18.3 Å². The Morgan fingerprint density at radius 2 is 1.33 bits per heavy atom. The van der Waals surface area contributed by atoms with Crippen molar-refractivity contribution in [3.8, 4) is 33.8 Å². The van der Waals surface area contributed by atoms with Crippen LogP contribution in [0.15, 0.2) is 61.2 Å². The van der Waals surface area contributed by atoms with Gasteiger partial charge in [-0.25, -0.2) is 9.69 Å². The van der Waals surface area contributed by atoms with E-state index in [4.69, 9.17) is 36.3 Å². The average Bonchev–Trinajstić information content (AvgIpc) is 3.52. The molecule has 2 aromatic carbocycles. The normalized spacial score (nSPS) is 12.9. The van der Waals surface area contributed by atoms with E-state index in [2.05, 4.69) is 29.1 Å². The molecule has 1 aliphatic heterocycles. The third-order valence-corrected chi connectivity index (χ3v) is 5.47. The molecule has 0 saturated heterocycles. The van der Waals surface area contributed by atoms with E-state index in [1.807, 2.05) is 12.1 Å². The van der Waals surface area contributed by atoms with Crippen LogP contribution in [0.5, 0.6) is 11.5 Å². The van der Waals surface area contributed by atoms with Crippen LogP contribution in [0, 0.1) is 13.1 Å². The third kappa shape index (κ3) is 4.35. The molecule has 1 aliphatic rings. The van der Waals surface area contributed by atoms with Crippen LogP contribution in [0.3, 0.4) is 0 Å². The fourth-order valence-corrected chi connectivity index (χ4v) is 3.62. The Balaban J connectivity index is 0.000000160. The quantitative estimate of drug-likeness (QED) is 0.282. The summed E-state index contributed by atoms with van der Waals surface area (Å²) in [7, 11) is 0. The number of fused-ring (bicyclic) bond motifs is 1. The zero-order chi connectivity index (χ0) is 23.6. The minimum atomic E-state index is -3.66. The first kappa shape index (κ1) is 22.2. The number of aromatic amines is 2. The molecule has 6 nitrogen and oxygen atoms in total. The number of para-hydroxylation sites is 1. The number of nitrogens with one attached hydrogen (secondary N) is 2. The molecular weight excluding hydrogens is 473 g/mol. The van der Waals surface area contributed by atoms with Gasteiger partial charge in [0.25, 0.3) is 0 Å². The van der Waals surface area contributed by atoms with Crippen molar-refractivity contribution in [2.45, 2.75) is 6.29 Å². The van der Waals surface area contributed by atoms with Gasteiger partial charge in [0.15, 0.2) is 11.5 Å². The van der Waals surface area contributed by atoms with Gasteiger partial charge in [-0.3, -0.25) is 0 Å². The molecule has 0 bridgehead atoms. The van der Waals surface area contributed by atoms with E-state index >= 15 is 0 Å². The molecule has 0 radical (unpaired) electrons. The number of aromatic nitrogens is 2. The molecule has 0 amide bonds. The molecule has 2 N–H and O–H groups in total. The Bertz CT molecular complexity index is 1420. The highest BCUT2D eigenvalue weighted by Gasteiger charge is 2.44. The van der Waals surface area contributed by atoms with Crippen LogP contribution in [0.2, 0.25) is 10.0 Å². The number of H-pyrrole nitrogens is 2. The first-order chi connectivity index (χ1) is 15.8. The lowest BCUT2D eigenvalue weighted by atomic mass is 10.1. The molecule has 5 rings (SSSR count). The molecule has 2 aromatic heterocycles. The van der Waals surface area contributed by atoms with Gasteiger partial charge in [0.05, 0.1) is 23.2 Å². The smallest absolute Gasteiger partial charge is 0.395 e. The number of halogens is 4. The van der Waals surface area contributed by atoms with E-state index < -0.39 is 6.29 Å². The van der Waals surface area contributed by atoms with E-state index in [0.29, 0.717) is 32.5 Å². The molecule has 0 fully saturated rings. The molecule has 0 aliphatic carbocycles. The molecule has 0 unspecified atom stereocenters. The van der Waals surface area contributed by atoms with Gasteiger partial charge in [-0.2, -0.15) is 0 Å². The summed E-state index contributed by atoms with van der Waals surface area (Å²) < 4.78 is 34.9. The maximum Gasteiger partial charge on any atom is 0.586 e. The zero-order valence-electron chi connectivity index (χ0n) is 16.5. The third-order valence-electron chi connectivity index (χ3n) is 4.65. The van der Waals surface area contributed by atoms with Crippen molar-refractivity contribution in [3.63, 3.8) is 0 Å². The van der Waals surface area contributed by atoms with Crippen LogP contribution in [-0.2, 0) is 0 Å². The van der Waals surface area contributed by atoms with Gasteiger partial charge in [0.1, 0.15) is 0 Å².